The summed E-state index contributed by atoms with van der Waals surface area (Å²) in [5, 5.41) is 4.30. The lowest BCUT2D eigenvalue weighted by atomic mass is 9.99. The molecule has 1 saturated heterocycles. The van der Waals surface area contributed by atoms with Crippen LogP contribution in [-0.2, 0) is 0 Å². The van der Waals surface area contributed by atoms with Gasteiger partial charge >= 0.3 is 0 Å². The van der Waals surface area contributed by atoms with Crippen LogP contribution in [0.1, 0.15) is 56.6 Å². The lowest BCUT2D eigenvalue weighted by Crippen LogP contribution is -2.30. The fourth-order valence-corrected chi connectivity index (χ4v) is 3.51. The Hall–Kier alpha value is -1.88. The highest BCUT2D eigenvalue weighted by Gasteiger charge is 2.39. The molecule has 0 amide bonds. The van der Waals surface area contributed by atoms with Gasteiger partial charge in [0, 0.05) is 31.2 Å². The zero-order valence-corrected chi connectivity index (χ0v) is 14.8. The van der Waals surface area contributed by atoms with Crippen LogP contribution in [0.4, 0.5) is 0 Å². The standard InChI is InChI=1S/C18H24N4S/c1-4-10-22-17(14-8-11-21(12-14)13(2)3)16(20-18(22)23)15-7-5-6-9-19-15/h5-9,11-13,16-17H,4,10H2,1-3H3,(H,20,23). The maximum absolute atomic E-state index is 5.60. The van der Waals surface area contributed by atoms with Gasteiger partial charge in [0.25, 0.3) is 0 Å². The molecule has 5 heteroatoms. The highest BCUT2D eigenvalue weighted by molar-refractivity contribution is 7.80. The summed E-state index contributed by atoms with van der Waals surface area (Å²) in [6.45, 7) is 7.53. The summed E-state index contributed by atoms with van der Waals surface area (Å²) in [6.07, 6.45) is 7.31. The maximum atomic E-state index is 5.60. The van der Waals surface area contributed by atoms with E-state index < -0.39 is 0 Å². The molecular formula is C18H24N4S. The molecule has 0 radical (unpaired) electrons. The molecule has 122 valence electrons. The fraction of sp³-hybridized carbons (Fsp3) is 0.444. The molecule has 0 aliphatic carbocycles. The van der Waals surface area contributed by atoms with Gasteiger partial charge in [0.15, 0.2) is 5.11 Å². The summed E-state index contributed by atoms with van der Waals surface area (Å²) in [5.41, 5.74) is 2.32. The normalized spacial score (nSPS) is 21.0. The number of hydrogen-bond acceptors (Lipinski definition) is 2. The lowest BCUT2D eigenvalue weighted by Gasteiger charge is -2.26. The quantitative estimate of drug-likeness (QED) is 0.845. The molecule has 0 saturated carbocycles. The average molecular weight is 328 g/mol. The monoisotopic (exact) mass is 328 g/mol. The highest BCUT2D eigenvalue weighted by Crippen LogP contribution is 2.38. The molecule has 1 aliphatic rings. The zero-order chi connectivity index (χ0) is 16.4. The van der Waals surface area contributed by atoms with Crippen LogP contribution in [0.25, 0.3) is 0 Å². The van der Waals surface area contributed by atoms with Gasteiger partial charge in [0.05, 0.1) is 17.8 Å². The van der Waals surface area contributed by atoms with Gasteiger partial charge in [-0.05, 0) is 56.2 Å². The molecule has 0 bridgehead atoms. The van der Waals surface area contributed by atoms with Crippen LogP contribution in [0.2, 0.25) is 0 Å². The maximum Gasteiger partial charge on any atom is 0.170 e. The van der Waals surface area contributed by atoms with Gasteiger partial charge in [-0.15, -0.1) is 0 Å². The van der Waals surface area contributed by atoms with Crippen molar-refractivity contribution in [1.82, 2.24) is 19.8 Å². The molecule has 1 fully saturated rings. The molecular weight excluding hydrogens is 304 g/mol. The van der Waals surface area contributed by atoms with Crippen molar-refractivity contribution in [2.45, 2.75) is 45.3 Å². The van der Waals surface area contributed by atoms with Crippen molar-refractivity contribution in [1.29, 1.82) is 0 Å². The van der Waals surface area contributed by atoms with Crippen LogP contribution in [0.5, 0.6) is 0 Å². The first-order valence-electron chi connectivity index (χ1n) is 8.27. The highest BCUT2D eigenvalue weighted by atomic mass is 32.1. The third-order valence-corrected chi connectivity index (χ3v) is 4.69. The molecule has 0 aromatic carbocycles. The molecule has 3 rings (SSSR count). The molecule has 1 N–H and O–H groups in total. The number of nitrogens with zero attached hydrogens (tertiary/aromatic N) is 3. The van der Waals surface area contributed by atoms with E-state index in [4.69, 9.17) is 12.2 Å². The van der Waals surface area contributed by atoms with Gasteiger partial charge < -0.3 is 14.8 Å². The number of pyridine rings is 1. The van der Waals surface area contributed by atoms with E-state index in [-0.39, 0.29) is 12.1 Å². The van der Waals surface area contributed by atoms with E-state index in [9.17, 15) is 0 Å². The summed E-state index contributed by atoms with van der Waals surface area (Å²) in [6, 6.07) is 9.01. The predicted octanol–water partition coefficient (Wildman–Crippen LogP) is 3.85. The van der Waals surface area contributed by atoms with E-state index in [2.05, 4.69) is 65.1 Å². The number of thiocarbonyl (C=S) groups is 1. The van der Waals surface area contributed by atoms with Crippen LogP contribution < -0.4 is 5.32 Å². The van der Waals surface area contributed by atoms with Crippen LogP contribution in [0.15, 0.2) is 42.9 Å². The Labute approximate surface area is 143 Å². The minimum Gasteiger partial charge on any atom is -0.352 e. The van der Waals surface area contributed by atoms with Crippen molar-refractivity contribution < 1.29 is 0 Å². The SMILES string of the molecule is CCCN1C(=S)NC(c2ccccn2)C1c1ccn(C(C)C)c1. The first-order chi connectivity index (χ1) is 11.1. The second-order valence-electron chi connectivity index (χ2n) is 6.31. The topological polar surface area (TPSA) is 33.1 Å². The van der Waals surface area contributed by atoms with Crippen LogP contribution >= 0.6 is 12.2 Å². The van der Waals surface area contributed by atoms with Crippen molar-refractivity contribution >= 4 is 17.3 Å². The fourth-order valence-electron chi connectivity index (χ4n) is 3.18. The van der Waals surface area contributed by atoms with Crippen LogP contribution in [-0.4, -0.2) is 26.1 Å². The summed E-state index contributed by atoms with van der Waals surface area (Å²) in [5.74, 6) is 0. The van der Waals surface area contributed by atoms with Gasteiger partial charge in [-0.2, -0.15) is 0 Å². The number of rotatable bonds is 5. The Balaban J connectivity index is 1.99. The van der Waals surface area contributed by atoms with E-state index in [0.717, 1.165) is 23.8 Å². The number of nitrogens with one attached hydrogen (secondary N) is 1. The third-order valence-electron chi connectivity index (χ3n) is 4.34. The molecule has 4 nitrogen and oxygen atoms in total. The summed E-state index contributed by atoms with van der Waals surface area (Å²) < 4.78 is 2.25. The van der Waals surface area contributed by atoms with Gasteiger partial charge in [0.2, 0.25) is 0 Å². The van der Waals surface area contributed by atoms with Crippen molar-refractivity contribution in [3.05, 3.63) is 54.1 Å². The minimum atomic E-state index is 0.0956. The number of aromatic nitrogens is 2. The van der Waals surface area contributed by atoms with E-state index in [1.54, 1.807) is 0 Å². The van der Waals surface area contributed by atoms with Crippen molar-refractivity contribution in [3.63, 3.8) is 0 Å². The number of hydrogen-bond donors (Lipinski definition) is 1. The molecule has 3 heterocycles. The molecule has 23 heavy (non-hydrogen) atoms. The van der Waals surface area contributed by atoms with Crippen molar-refractivity contribution in [3.8, 4) is 0 Å². The predicted molar refractivity (Wildman–Crippen MR) is 97.3 cm³/mol. The summed E-state index contributed by atoms with van der Waals surface area (Å²) in [4.78, 5) is 6.85. The zero-order valence-electron chi connectivity index (χ0n) is 13.9. The van der Waals surface area contributed by atoms with Gasteiger partial charge in [-0.1, -0.05) is 13.0 Å². The Morgan fingerprint density at radius 1 is 1.30 bits per heavy atom. The minimum absolute atomic E-state index is 0.0956. The second kappa shape index (κ2) is 6.71. The van der Waals surface area contributed by atoms with Gasteiger partial charge in [-0.25, -0.2) is 0 Å². The first kappa shape index (κ1) is 16.0. The van der Waals surface area contributed by atoms with E-state index in [1.807, 2.05) is 18.3 Å². The summed E-state index contributed by atoms with van der Waals surface area (Å²) in [7, 11) is 0. The van der Waals surface area contributed by atoms with Crippen LogP contribution in [0, 0.1) is 0 Å². The van der Waals surface area contributed by atoms with E-state index >= 15 is 0 Å². The van der Waals surface area contributed by atoms with Gasteiger partial charge in [-0.3, -0.25) is 4.98 Å². The molecule has 2 aromatic heterocycles. The average Bonchev–Trinajstić information content (AvgIpc) is 3.14. The van der Waals surface area contributed by atoms with E-state index in [1.165, 1.54) is 5.56 Å². The summed E-state index contributed by atoms with van der Waals surface area (Å²) >= 11 is 5.60. The molecule has 1 aliphatic heterocycles. The third kappa shape index (κ3) is 3.11. The molecule has 2 atom stereocenters. The van der Waals surface area contributed by atoms with Crippen molar-refractivity contribution in [2.75, 3.05) is 6.54 Å². The second-order valence-corrected chi connectivity index (χ2v) is 6.69. The van der Waals surface area contributed by atoms with Crippen LogP contribution in [0.3, 0.4) is 0 Å². The molecule has 0 spiro atoms. The van der Waals surface area contributed by atoms with Gasteiger partial charge in [0.1, 0.15) is 0 Å². The van der Waals surface area contributed by atoms with Crippen molar-refractivity contribution in [2.24, 2.45) is 0 Å². The Morgan fingerprint density at radius 2 is 2.13 bits per heavy atom. The smallest absolute Gasteiger partial charge is 0.170 e. The molecule has 2 aromatic rings. The Kier molecular flexibility index (Phi) is 4.66. The Bertz CT molecular complexity index is 665. The molecule has 2 unspecified atom stereocenters. The lowest BCUT2D eigenvalue weighted by molar-refractivity contribution is 0.317. The first-order valence-corrected chi connectivity index (χ1v) is 8.68. The Morgan fingerprint density at radius 3 is 2.74 bits per heavy atom. The van der Waals surface area contributed by atoms with E-state index in [0.29, 0.717) is 6.04 Å². The largest absolute Gasteiger partial charge is 0.352 e.